The number of alkyl halides is 1. The molecule has 26 heavy (non-hydrogen) atoms. The number of methoxy groups -OCH3 is 1. The summed E-state index contributed by atoms with van der Waals surface area (Å²) in [6.07, 6.45) is 4.52. The topological polar surface area (TPSA) is 104 Å². The first-order valence-electron chi connectivity index (χ1n) is 7.45. The number of allylic oxidation sites excluding steroid dienone is 1. The van der Waals surface area contributed by atoms with E-state index in [1.54, 1.807) is 25.1 Å². The molecule has 8 nitrogen and oxygen atoms in total. The molecule has 0 saturated carbocycles. The third-order valence-corrected chi connectivity index (χ3v) is 3.54. The highest BCUT2D eigenvalue weighted by atomic mass is 79.9. The van der Waals surface area contributed by atoms with Crippen LogP contribution in [0.4, 0.5) is 11.4 Å². The lowest BCUT2D eigenvalue weighted by Gasteiger charge is -2.12. The molecule has 1 aromatic carbocycles. The molecule has 1 amide bonds. The Morgan fingerprint density at radius 1 is 1.38 bits per heavy atom. The molecule has 0 unspecified atom stereocenters. The first-order chi connectivity index (χ1) is 12.4. The number of nitrogens with zero attached hydrogens (tertiary/aromatic N) is 2. The van der Waals surface area contributed by atoms with Crippen LogP contribution in [-0.4, -0.2) is 28.3 Å². The molecular formula is C17H16BrN3O5. The Morgan fingerprint density at radius 3 is 2.81 bits per heavy atom. The molecule has 1 N–H and O–H groups in total. The lowest BCUT2D eigenvalue weighted by Crippen LogP contribution is -2.08. The minimum atomic E-state index is -0.563. The zero-order valence-electron chi connectivity index (χ0n) is 14.1. The van der Waals surface area contributed by atoms with E-state index >= 15 is 0 Å². The highest BCUT2D eigenvalue weighted by Crippen LogP contribution is 2.36. The summed E-state index contributed by atoms with van der Waals surface area (Å²) in [6, 6.07) is 6.06. The summed E-state index contributed by atoms with van der Waals surface area (Å²) in [6.45, 7) is 1.70. The van der Waals surface area contributed by atoms with Crippen LogP contribution in [0.2, 0.25) is 0 Å². The van der Waals surface area contributed by atoms with Gasteiger partial charge in [0.25, 0.3) is 5.88 Å². The molecule has 0 bridgehead atoms. The Kier molecular flexibility index (Phi) is 6.67. The van der Waals surface area contributed by atoms with Crippen molar-refractivity contribution in [1.82, 2.24) is 4.98 Å². The fraction of sp³-hybridized carbons (Fsp3) is 0.176. The normalized spacial score (nSPS) is 10.6. The second kappa shape index (κ2) is 8.95. The number of ether oxygens (including phenoxy) is 2. The van der Waals surface area contributed by atoms with Gasteiger partial charge >= 0.3 is 5.69 Å². The third kappa shape index (κ3) is 5.03. The van der Waals surface area contributed by atoms with Gasteiger partial charge in [-0.15, -0.1) is 0 Å². The summed E-state index contributed by atoms with van der Waals surface area (Å²) in [5.41, 5.74) is 0.889. The fourth-order valence-corrected chi connectivity index (χ4v) is 2.21. The fourth-order valence-electron chi connectivity index (χ4n) is 2.02. The number of carbonyl (C=O) groups is 1. The molecule has 1 aromatic heterocycles. The number of nitrogens with one attached hydrogen (secondary N) is 1. The number of hydrogen-bond donors (Lipinski definition) is 1. The van der Waals surface area contributed by atoms with Crippen LogP contribution >= 0.6 is 15.9 Å². The number of nitro groups is 1. The van der Waals surface area contributed by atoms with Crippen LogP contribution in [0.5, 0.6) is 17.4 Å². The summed E-state index contributed by atoms with van der Waals surface area (Å²) in [5.74, 6) is 0.0943. The maximum atomic E-state index is 11.7. The van der Waals surface area contributed by atoms with Crippen molar-refractivity contribution in [1.29, 1.82) is 0 Å². The molecular weight excluding hydrogens is 406 g/mol. The quantitative estimate of drug-likeness (QED) is 0.313. The smallest absolute Gasteiger partial charge is 0.331 e. The first kappa shape index (κ1) is 19.4. The van der Waals surface area contributed by atoms with Gasteiger partial charge in [-0.05, 0) is 24.6 Å². The van der Waals surface area contributed by atoms with Gasteiger partial charge < -0.3 is 14.8 Å². The van der Waals surface area contributed by atoms with Crippen molar-refractivity contribution in [2.24, 2.45) is 0 Å². The summed E-state index contributed by atoms with van der Waals surface area (Å²) in [4.78, 5) is 26.3. The van der Waals surface area contributed by atoms with Gasteiger partial charge in [0.2, 0.25) is 5.91 Å². The summed E-state index contributed by atoms with van der Waals surface area (Å²) in [7, 11) is 1.43. The van der Waals surface area contributed by atoms with Crippen LogP contribution in [0.1, 0.15) is 5.56 Å². The average Bonchev–Trinajstić information content (AvgIpc) is 2.62. The molecule has 0 aliphatic heterocycles. The van der Waals surface area contributed by atoms with E-state index in [2.05, 4.69) is 26.2 Å². The van der Waals surface area contributed by atoms with E-state index < -0.39 is 4.92 Å². The van der Waals surface area contributed by atoms with Gasteiger partial charge in [-0.3, -0.25) is 14.9 Å². The van der Waals surface area contributed by atoms with Crippen LogP contribution in [0.3, 0.4) is 0 Å². The van der Waals surface area contributed by atoms with E-state index in [1.165, 1.54) is 31.5 Å². The minimum Gasteiger partial charge on any atom is -0.493 e. The summed E-state index contributed by atoms with van der Waals surface area (Å²) < 4.78 is 10.8. The van der Waals surface area contributed by atoms with E-state index in [-0.39, 0.29) is 23.2 Å². The van der Waals surface area contributed by atoms with Gasteiger partial charge in [-0.25, -0.2) is 4.98 Å². The van der Waals surface area contributed by atoms with Crippen molar-refractivity contribution in [3.05, 3.63) is 58.3 Å². The van der Waals surface area contributed by atoms with Crippen LogP contribution in [0.25, 0.3) is 0 Å². The molecule has 2 aromatic rings. The molecule has 0 saturated heterocycles. The summed E-state index contributed by atoms with van der Waals surface area (Å²) in [5, 5.41) is 14.4. The standard InChI is InChI=1S/C17H16BrN3O5/c1-11-8-13(21(23)24)17(19-10-11)26-14-6-5-12(9-15(14)25-2)20-16(22)4-3-7-18/h3-6,8-10H,7H2,1-2H3,(H,20,22)/b4-3+. The molecule has 0 radical (unpaired) electrons. The number of benzene rings is 1. The van der Waals surface area contributed by atoms with Gasteiger partial charge in [0, 0.05) is 35.4 Å². The third-order valence-electron chi connectivity index (χ3n) is 3.16. The Bertz CT molecular complexity index is 854. The van der Waals surface area contributed by atoms with Crippen molar-refractivity contribution in [2.75, 3.05) is 17.8 Å². The van der Waals surface area contributed by atoms with Crippen molar-refractivity contribution in [3.63, 3.8) is 0 Å². The van der Waals surface area contributed by atoms with E-state index in [0.29, 0.717) is 22.3 Å². The zero-order valence-corrected chi connectivity index (χ0v) is 15.6. The van der Waals surface area contributed by atoms with Crippen LogP contribution in [0.15, 0.2) is 42.6 Å². The highest BCUT2D eigenvalue weighted by molar-refractivity contribution is 9.09. The van der Waals surface area contributed by atoms with Gasteiger partial charge in [-0.1, -0.05) is 22.0 Å². The van der Waals surface area contributed by atoms with Crippen molar-refractivity contribution >= 4 is 33.2 Å². The van der Waals surface area contributed by atoms with Crippen molar-refractivity contribution in [2.45, 2.75) is 6.92 Å². The molecule has 0 fully saturated rings. The number of amides is 1. The monoisotopic (exact) mass is 421 g/mol. The second-order valence-corrected chi connectivity index (χ2v) is 5.76. The number of carbonyl (C=O) groups excluding carboxylic acids is 1. The lowest BCUT2D eigenvalue weighted by atomic mass is 10.2. The molecule has 0 aliphatic rings. The Morgan fingerprint density at radius 2 is 2.15 bits per heavy atom. The molecule has 2 rings (SSSR count). The predicted molar refractivity (Wildman–Crippen MR) is 100 cm³/mol. The maximum Gasteiger partial charge on any atom is 0.331 e. The minimum absolute atomic E-state index is 0.143. The number of aromatic nitrogens is 1. The van der Waals surface area contributed by atoms with E-state index in [9.17, 15) is 14.9 Å². The molecule has 9 heteroatoms. The first-order valence-corrected chi connectivity index (χ1v) is 8.57. The number of anilines is 1. The van der Waals surface area contributed by atoms with Gasteiger partial charge in [-0.2, -0.15) is 0 Å². The van der Waals surface area contributed by atoms with Gasteiger partial charge in [0.15, 0.2) is 11.5 Å². The molecule has 0 aliphatic carbocycles. The largest absolute Gasteiger partial charge is 0.493 e. The maximum absolute atomic E-state index is 11.7. The number of pyridine rings is 1. The van der Waals surface area contributed by atoms with Crippen molar-refractivity contribution < 1.29 is 19.2 Å². The molecule has 0 spiro atoms. The zero-order chi connectivity index (χ0) is 19.1. The second-order valence-electron chi connectivity index (χ2n) is 5.11. The molecule has 136 valence electrons. The predicted octanol–water partition coefficient (Wildman–Crippen LogP) is 3.99. The van der Waals surface area contributed by atoms with E-state index in [0.717, 1.165) is 0 Å². The Hall–Kier alpha value is -2.94. The lowest BCUT2D eigenvalue weighted by molar-refractivity contribution is -0.386. The Labute approximate surface area is 158 Å². The SMILES string of the molecule is COc1cc(NC(=O)/C=C/CBr)ccc1Oc1ncc(C)cc1[N+](=O)[O-]. The van der Waals surface area contributed by atoms with Crippen molar-refractivity contribution in [3.8, 4) is 17.4 Å². The number of rotatable bonds is 7. The van der Waals surface area contributed by atoms with Gasteiger partial charge in [0.1, 0.15) is 0 Å². The number of hydrogen-bond acceptors (Lipinski definition) is 6. The van der Waals surface area contributed by atoms with Crippen LogP contribution in [-0.2, 0) is 4.79 Å². The van der Waals surface area contributed by atoms with Crippen LogP contribution < -0.4 is 14.8 Å². The summed E-state index contributed by atoms with van der Waals surface area (Å²) >= 11 is 3.19. The number of halogens is 1. The average molecular weight is 422 g/mol. The van der Waals surface area contributed by atoms with Gasteiger partial charge in [0.05, 0.1) is 12.0 Å². The Balaban J connectivity index is 2.27. The van der Waals surface area contributed by atoms with Crippen LogP contribution in [0, 0.1) is 17.0 Å². The highest BCUT2D eigenvalue weighted by Gasteiger charge is 2.19. The number of aryl methyl sites for hydroxylation is 1. The molecule has 1 heterocycles. The van der Waals surface area contributed by atoms with E-state index in [4.69, 9.17) is 9.47 Å². The van der Waals surface area contributed by atoms with E-state index in [1.807, 2.05) is 0 Å². The molecule has 0 atom stereocenters.